The second kappa shape index (κ2) is 4.77. The molecular weight excluding hydrogens is 192 g/mol. The standard InChI is InChI=1S/C11H16N2O2/c1-5-15-11(14)9-6-7-10(13(3)4)12-8(9)2/h6-7H,5H2,1-4H3. The molecule has 0 unspecified atom stereocenters. The van der Waals surface area contributed by atoms with Gasteiger partial charge in [-0.05, 0) is 26.0 Å². The predicted molar refractivity (Wildman–Crippen MR) is 59.3 cm³/mol. The molecule has 15 heavy (non-hydrogen) atoms. The lowest BCUT2D eigenvalue weighted by Gasteiger charge is -2.13. The van der Waals surface area contributed by atoms with E-state index in [1.807, 2.05) is 19.0 Å². The molecule has 1 rings (SSSR count). The first-order valence-electron chi connectivity index (χ1n) is 4.88. The maximum Gasteiger partial charge on any atom is 0.339 e. The molecule has 0 N–H and O–H groups in total. The summed E-state index contributed by atoms with van der Waals surface area (Å²) in [6.45, 7) is 3.97. The van der Waals surface area contributed by atoms with Crippen LogP contribution in [-0.4, -0.2) is 31.7 Å². The minimum absolute atomic E-state index is 0.312. The van der Waals surface area contributed by atoms with Crippen molar-refractivity contribution in [2.45, 2.75) is 13.8 Å². The van der Waals surface area contributed by atoms with Crippen LogP contribution in [0, 0.1) is 6.92 Å². The molecule has 0 spiro atoms. The number of carbonyl (C=O) groups excluding carboxylic acids is 1. The molecule has 82 valence electrons. The van der Waals surface area contributed by atoms with Crippen molar-refractivity contribution in [1.29, 1.82) is 0 Å². The number of carbonyl (C=O) groups is 1. The van der Waals surface area contributed by atoms with Crippen LogP contribution in [0.3, 0.4) is 0 Å². The van der Waals surface area contributed by atoms with Gasteiger partial charge in [-0.15, -0.1) is 0 Å². The summed E-state index contributed by atoms with van der Waals surface area (Å²) < 4.78 is 4.92. The number of hydrogen-bond donors (Lipinski definition) is 0. The molecule has 0 atom stereocenters. The number of hydrogen-bond acceptors (Lipinski definition) is 4. The van der Waals surface area contributed by atoms with Gasteiger partial charge in [0.1, 0.15) is 5.82 Å². The Kier molecular flexibility index (Phi) is 3.66. The summed E-state index contributed by atoms with van der Waals surface area (Å²) in [5.74, 6) is 0.522. The van der Waals surface area contributed by atoms with Crippen molar-refractivity contribution in [3.8, 4) is 0 Å². The molecule has 0 aliphatic rings. The summed E-state index contributed by atoms with van der Waals surface area (Å²) in [6, 6.07) is 3.55. The summed E-state index contributed by atoms with van der Waals surface area (Å²) in [6.07, 6.45) is 0. The zero-order valence-electron chi connectivity index (χ0n) is 9.57. The number of ether oxygens (including phenoxy) is 1. The third-order valence-corrected chi connectivity index (χ3v) is 2.02. The van der Waals surface area contributed by atoms with Crippen LogP contribution in [0.4, 0.5) is 5.82 Å². The Morgan fingerprint density at radius 2 is 2.13 bits per heavy atom. The average molecular weight is 208 g/mol. The SMILES string of the molecule is CCOC(=O)c1ccc(N(C)C)nc1C. The topological polar surface area (TPSA) is 42.4 Å². The van der Waals surface area contributed by atoms with Crippen LogP contribution < -0.4 is 4.90 Å². The van der Waals surface area contributed by atoms with E-state index in [1.165, 1.54) is 0 Å². The van der Waals surface area contributed by atoms with Crippen molar-refractivity contribution in [2.75, 3.05) is 25.6 Å². The van der Waals surface area contributed by atoms with Gasteiger partial charge in [-0.3, -0.25) is 0 Å². The van der Waals surface area contributed by atoms with Gasteiger partial charge in [0.25, 0.3) is 0 Å². The highest BCUT2D eigenvalue weighted by Crippen LogP contribution is 2.13. The Morgan fingerprint density at radius 3 is 2.60 bits per heavy atom. The smallest absolute Gasteiger partial charge is 0.339 e. The fraction of sp³-hybridized carbons (Fsp3) is 0.455. The molecule has 0 aliphatic carbocycles. The Morgan fingerprint density at radius 1 is 1.47 bits per heavy atom. The van der Waals surface area contributed by atoms with E-state index in [2.05, 4.69) is 4.98 Å². The summed E-state index contributed by atoms with van der Waals surface area (Å²) >= 11 is 0. The molecule has 4 heteroatoms. The van der Waals surface area contributed by atoms with Crippen molar-refractivity contribution in [1.82, 2.24) is 4.98 Å². The number of rotatable bonds is 3. The minimum Gasteiger partial charge on any atom is -0.462 e. The van der Waals surface area contributed by atoms with Gasteiger partial charge in [0, 0.05) is 14.1 Å². The number of aryl methyl sites for hydroxylation is 1. The molecule has 0 saturated heterocycles. The normalized spacial score (nSPS) is 9.87. The average Bonchev–Trinajstić information content (AvgIpc) is 2.17. The van der Waals surface area contributed by atoms with Gasteiger partial charge in [0.05, 0.1) is 17.9 Å². The van der Waals surface area contributed by atoms with E-state index >= 15 is 0 Å². The van der Waals surface area contributed by atoms with Gasteiger partial charge in [0.15, 0.2) is 0 Å². The Balaban J connectivity index is 2.98. The molecule has 0 fully saturated rings. The van der Waals surface area contributed by atoms with E-state index in [9.17, 15) is 4.79 Å². The fourth-order valence-corrected chi connectivity index (χ4v) is 1.22. The first kappa shape index (κ1) is 11.5. The second-order valence-electron chi connectivity index (χ2n) is 3.42. The van der Waals surface area contributed by atoms with Gasteiger partial charge in [-0.25, -0.2) is 9.78 Å². The molecule has 0 aromatic carbocycles. The van der Waals surface area contributed by atoms with Crippen LogP contribution in [0.5, 0.6) is 0 Å². The van der Waals surface area contributed by atoms with E-state index in [1.54, 1.807) is 26.0 Å². The van der Waals surface area contributed by atoms with Crippen molar-refractivity contribution < 1.29 is 9.53 Å². The van der Waals surface area contributed by atoms with Crippen molar-refractivity contribution >= 4 is 11.8 Å². The molecule has 1 heterocycles. The lowest BCUT2D eigenvalue weighted by atomic mass is 10.2. The molecule has 0 aliphatic heterocycles. The predicted octanol–water partition coefficient (Wildman–Crippen LogP) is 1.63. The maximum absolute atomic E-state index is 11.5. The molecule has 0 saturated carbocycles. The zero-order valence-corrected chi connectivity index (χ0v) is 9.57. The highest BCUT2D eigenvalue weighted by atomic mass is 16.5. The Hall–Kier alpha value is -1.58. The van der Waals surface area contributed by atoms with Crippen LogP contribution in [-0.2, 0) is 4.74 Å². The van der Waals surface area contributed by atoms with Crippen LogP contribution in [0.1, 0.15) is 23.0 Å². The van der Waals surface area contributed by atoms with Gasteiger partial charge >= 0.3 is 5.97 Å². The summed E-state index contributed by atoms with van der Waals surface area (Å²) in [5, 5.41) is 0. The van der Waals surface area contributed by atoms with Crippen molar-refractivity contribution in [2.24, 2.45) is 0 Å². The molecule has 1 aromatic rings. The van der Waals surface area contributed by atoms with E-state index in [-0.39, 0.29) is 5.97 Å². The van der Waals surface area contributed by atoms with Crippen molar-refractivity contribution in [3.05, 3.63) is 23.4 Å². The van der Waals surface area contributed by atoms with Gasteiger partial charge in [-0.1, -0.05) is 0 Å². The molecule has 0 amide bonds. The van der Waals surface area contributed by atoms with E-state index in [0.717, 1.165) is 5.82 Å². The number of aromatic nitrogens is 1. The van der Waals surface area contributed by atoms with Crippen LogP contribution >= 0.6 is 0 Å². The Labute approximate surface area is 89.9 Å². The highest BCUT2D eigenvalue weighted by molar-refractivity contribution is 5.90. The molecule has 4 nitrogen and oxygen atoms in total. The number of anilines is 1. The van der Waals surface area contributed by atoms with Gasteiger partial charge in [0.2, 0.25) is 0 Å². The number of nitrogens with zero attached hydrogens (tertiary/aromatic N) is 2. The highest BCUT2D eigenvalue weighted by Gasteiger charge is 2.11. The van der Waals surface area contributed by atoms with Crippen molar-refractivity contribution in [3.63, 3.8) is 0 Å². The van der Waals surface area contributed by atoms with Crippen LogP contribution in [0.15, 0.2) is 12.1 Å². The third-order valence-electron chi connectivity index (χ3n) is 2.02. The van der Waals surface area contributed by atoms with Crippen LogP contribution in [0.25, 0.3) is 0 Å². The molecule has 1 aromatic heterocycles. The first-order chi connectivity index (χ1) is 7.06. The number of pyridine rings is 1. The lowest BCUT2D eigenvalue weighted by molar-refractivity contribution is 0.0525. The summed E-state index contributed by atoms with van der Waals surface area (Å²) in [4.78, 5) is 17.7. The number of esters is 1. The molecule has 0 bridgehead atoms. The van der Waals surface area contributed by atoms with E-state index in [0.29, 0.717) is 17.9 Å². The quantitative estimate of drug-likeness (QED) is 0.708. The lowest BCUT2D eigenvalue weighted by Crippen LogP contribution is -2.13. The summed E-state index contributed by atoms with van der Waals surface area (Å²) in [7, 11) is 3.82. The maximum atomic E-state index is 11.5. The van der Waals surface area contributed by atoms with Gasteiger partial charge in [-0.2, -0.15) is 0 Å². The first-order valence-corrected chi connectivity index (χ1v) is 4.88. The summed E-state index contributed by atoms with van der Waals surface area (Å²) in [5.41, 5.74) is 1.22. The monoisotopic (exact) mass is 208 g/mol. The largest absolute Gasteiger partial charge is 0.462 e. The van der Waals surface area contributed by atoms with Crippen LogP contribution in [0.2, 0.25) is 0 Å². The third kappa shape index (κ3) is 2.68. The zero-order chi connectivity index (χ0) is 11.4. The second-order valence-corrected chi connectivity index (χ2v) is 3.42. The van der Waals surface area contributed by atoms with E-state index < -0.39 is 0 Å². The fourth-order valence-electron chi connectivity index (χ4n) is 1.22. The van der Waals surface area contributed by atoms with E-state index in [4.69, 9.17) is 4.74 Å². The molecule has 0 radical (unpaired) electrons. The molecular formula is C11H16N2O2. The Bertz CT molecular complexity index is 362. The van der Waals surface area contributed by atoms with Gasteiger partial charge < -0.3 is 9.64 Å². The minimum atomic E-state index is -0.312.